The van der Waals surface area contributed by atoms with Crippen molar-refractivity contribution in [2.45, 2.75) is 25.4 Å². The average molecular weight is 477 g/mol. The second-order valence-corrected chi connectivity index (χ2v) is 10.1. The van der Waals surface area contributed by atoms with Crippen LogP contribution in [0.4, 0.5) is 0 Å². The lowest BCUT2D eigenvalue weighted by atomic mass is 9.88. The van der Waals surface area contributed by atoms with Crippen LogP contribution in [-0.2, 0) is 0 Å². The largest absolute Gasteiger partial charge is 0.382 e. The van der Waals surface area contributed by atoms with Gasteiger partial charge in [-0.3, -0.25) is 0 Å². The van der Waals surface area contributed by atoms with E-state index in [2.05, 4.69) is 82.7 Å². The third-order valence-electron chi connectivity index (χ3n) is 7.32. The highest BCUT2D eigenvalue weighted by atomic mass is 15.3. The molecule has 0 bridgehead atoms. The molecule has 0 fully saturated rings. The van der Waals surface area contributed by atoms with Crippen LogP contribution in [0.3, 0.4) is 0 Å². The van der Waals surface area contributed by atoms with Gasteiger partial charge >= 0.3 is 0 Å². The van der Waals surface area contributed by atoms with Gasteiger partial charge in [-0.05, 0) is 57.0 Å². The third kappa shape index (κ3) is 4.18. The summed E-state index contributed by atoms with van der Waals surface area (Å²) < 4.78 is 0. The molecule has 0 radical (unpaired) electrons. The minimum Gasteiger partial charge on any atom is -0.382 e. The topological polar surface area (TPSA) is 69.8 Å². The Morgan fingerprint density at radius 3 is 2.67 bits per heavy atom. The molecule has 3 heterocycles. The molecule has 1 aliphatic carbocycles. The van der Waals surface area contributed by atoms with E-state index in [4.69, 9.17) is 10.7 Å². The maximum absolute atomic E-state index is 6.45. The number of aromatic nitrogens is 1. The number of nitrogens with one attached hydrogen (secondary N) is 1. The van der Waals surface area contributed by atoms with Crippen molar-refractivity contribution in [3.8, 4) is 11.3 Å². The summed E-state index contributed by atoms with van der Waals surface area (Å²) in [6, 6.07) is 21.0. The quantitative estimate of drug-likeness (QED) is 0.511. The minimum atomic E-state index is 0.0555. The Morgan fingerprint density at radius 2 is 1.89 bits per heavy atom. The summed E-state index contributed by atoms with van der Waals surface area (Å²) in [5, 5.41) is 4.92. The Balaban J connectivity index is 1.34. The van der Waals surface area contributed by atoms with Gasteiger partial charge in [-0.15, -0.1) is 0 Å². The summed E-state index contributed by atoms with van der Waals surface area (Å²) in [6.45, 7) is 1.13. The first-order valence-electron chi connectivity index (χ1n) is 12.7. The number of fused-ring (bicyclic) bond motifs is 2. The SMILES string of the molecule is CN(C)C[C@H]1CC=C(C2NC(c3ccc4ccc(-c5ccccc5)nc4c3)=C3C(N)=NC=CN32)CC1. The van der Waals surface area contributed by atoms with E-state index in [1.54, 1.807) is 6.20 Å². The normalized spacial score (nSPS) is 21.5. The Bertz CT molecular complexity index is 1420. The number of nitrogens with zero attached hydrogens (tertiary/aromatic N) is 4. The fourth-order valence-electron chi connectivity index (χ4n) is 5.57. The van der Waals surface area contributed by atoms with Crippen molar-refractivity contribution in [1.29, 1.82) is 0 Å². The number of amidine groups is 1. The number of aliphatic imine (C=N–C) groups is 1. The van der Waals surface area contributed by atoms with Crippen LogP contribution in [0.5, 0.6) is 0 Å². The summed E-state index contributed by atoms with van der Waals surface area (Å²) >= 11 is 0. The Hall–Kier alpha value is -3.90. The van der Waals surface area contributed by atoms with Crippen LogP contribution in [0.15, 0.2) is 95.4 Å². The lowest BCUT2D eigenvalue weighted by Gasteiger charge is -2.32. The number of hydrogen-bond acceptors (Lipinski definition) is 6. The predicted octanol–water partition coefficient (Wildman–Crippen LogP) is 4.93. The predicted molar refractivity (Wildman–Crippen MR) is 148 cm³/mol. The van der Waals surface area contributed by atoms with Gasteiger partial charge in [0.1, 0.15) is 17.7 Å². The van der Waals surface area contributed by atoms with Crippen molar-refractivity contribution in [3.05, 3.63) is 96.0 Å². The highest BCUT2D eigenvalue weighted by molar-refractivity contribution is 6.05. The number of hydrogen-bond donors (Lipinski definition) is 2. The van der Waals surface area contributed by atoms with Crippen LogP contribution in [0.25, 0.3) is 27.9 Å². The number of rotatable bonds is 5. The summed E-state index contributed by atoms with van der Waals surface area (Å²) in [7, 11) is 4.31. The molecule has 0 saturated carbocycles. The fraction of sp³-hybridized carbons (Fsp3) is 0.267. The summed E-state index contributed by atoms with van der Waals surface area (Å²) in [5.74, 6) is 1.25. The highest BCUT2D eigenvalue weighted by Gasteiger charge is 2.36. The zero-order valence-corrected chi connectivity index (χ0v) is 20.9. The highest BCUT2D eigenvalue weighted by Crippen LogP contribution is 2.37. The van der Waals surface area contributed by atoms with Crippen molar-refractivity contribution < 1.29 is 0 Å². The lowest BCUT2D eigenvalue weighted by Crippen LogP contribution is -2.39. The summed E-state index contributed by atoms with van der Waals surface area (Å²) in [4.78, 5) is 13.9. The van der Waals surface area contributed by atoms with Gasteiger partial charge in [0.15, 0.2) is 0 Å². The lowest BCUT2D eigenvalue weighted by molar-refractivity contribution is 0.295. The van der Waals surface area contributed by atoms with E-state index in [0.29, 0.717) is 11.8 Å². The van der Waals surface area contributed by atoms with Crippen molar-refractivity contribution in [2.24, 2.45) is 16.6 Å². The summed E-state index contributed by atoms with van der Waals surface area (Å²) in [5.41, 5.74) is 13.9. The molecule has 1 aromatic heterocycles. The van der Waals surface area contributed by atoms with Crippen LogP contribution < -0.4 is 11.1 Å². The van der Waals surface area contributed by atoms with Gasteiger partial charge in [-0.1, -0.05) is 54.6 Å². The van der Waals surface area contributed by atoms with Crippen molar-refractivity contribution in [2.75, 3.05) is 20.6 Å². The smallest absolute Gasteiger partial charge is 0.149 e. The van der Waals surface area contributed by atoms with Gasteiger partial charge in [0.2, 0.25) is 0 Å². The number of benzene rings is 2. The monoisotopic (exact) mass is 476 g/mol. The molecule has 0 saturated heterocycles. The molecule has 3 N–H and O–H groups in total. The van der Waals surface area contributed by atoms with Gasteiger partial charge in [-0.25, -0.2) is 9.98 Å². The van der Waals surface area contributed by atoms with E-state index in [9.17, 15) is 0 Å². The third-order valence-corrected chi connectivity index (χ3v) is 7.32. The van der Waals surface area contributed by atoms with Crippen molar-refractivity contribution in [3.63, 3.8) is 0 Å². The fourth-order valence-corrected chi connectivity index (χ4v) is 5.57. The van der Waals surface area contributed by atoms with Crippen LogP contribution in [0.1, 0.15) is 24.8 Å². The molecular weight excluding hydrogens is 444 g/mol. The molecule has 6 heteroatoms. The zero-order valence-electron chi connectivity index (χ0n) is 20.9. The van der Waals surface area contributed by atoms with Crippen LogP contribution in [-0.4, -0.2) is 47.4 Å². The Labute approximate surface area is 212 Å². The first-order chi connectivity index (χ1) is 17.6. The van der Waals surface area contributed by atoms with Gasteiger partial charge < -0.3 is 20.9 Å². The molecule has 0 spiro atoms. The molecule has 182 valence electrons. The molecule has 1 unspecified atom stereocenters. The Kier molecular flexibility index (Phi) is 5.82. The molecule has 36 heavy (non-hydrogen) atoms. The average Bonchev–Trinajstić information content (AvgIpc) is 3.30. The van der Waals surface area contributed by atoms with Gasteiger partial charge in [0.05, 0.1) is 16.9 Å². The molecule has 2 aliphatic heterocycles. The molecule has 3 aromatic rings. The first-order valence-corrected chi connectivity index (χ1v) is 12.7. The summed E-state index contributed by atoms with van der Waals surface area (Å²) in [6.07, 6.45) is 9.71. The maximum Gasteiger partial charge on any atom is 0.149 e. The molecular formula is C30H32N6. The minimum absolute atomic E-state index is 0.0555. The number of allylic oxidation sites excluding steroid dienone is 1. The number of nitrogens with two attached hydrogens (primary N) is 1. The molecule has 6 nitrogen and oxygen atoms in total. The van der Waals surface area contributed by atoms with E-state index in [-0.39, 0.29) is 6.17 Å². The van der Waals surface area contributed by atoms with Crippen molar-refractivity contribution in [1.82, 2.24) is 20.1 Å². The Morgan fingerprint density at radius 1 is 1.06 bits per heavy atom. The molecule has 2 aromatic carbocycles. The second kappa shape index (κ2) is 9.28. The molecule has 0 amide bonds. The van der Waals surface area contributed by atoms with Crippen LogP contribution in [0, 0.1) is 5.92 Å². The van der Waals surface area contributed by atoms with Crippen LogP contribution >= 0.6 is 0 Å². The van der Waals surface area contributed by atoms with E-state index >= 15 is 0 Å². The standard InChI is InChI=1S/C30H32N6/c1-35(2)19-20-8-10-23(11-9-20)30-34-27(28-29(31)32-16-17-36(28)30)24-13-12-22-14-15-25(33-26(22)18-24)21-6-4-3-5-7-21/h3-7,10,12-18,20,30,34H,8-9,11,19H2,1-2H3,(H2,31,32)/t20-,30?/m0/s1. The second-order valence-electron chi connectivity index (χ2n) is 10.1. The molecule has 2 atom stereocenters. The van der Waals surface area contributed by atoms with Gasteiger partial charge in [-0.2, -0.15) is 0 Å². The molecule has 3 aliphatic rings. The zero-order chi connectivity index (χ0) is 24.6. The van der Waals surface area contributed by atoms with E-state index < -0.39 is 0 Å². The van der Waals surface area contributed by atoms with Gasteiger partial charge in [0, 0.05) is 35.5 Å². The maximum atomic E-state index is 6.45. The first kappa shape index (κ1) is 22.6. The number of pyridine rings is 1. The molecule has 6 rings (SSSR count). The van der Waals surface area contributed by atoms with Crippen LogP contribution in [0.2, 0.25) is 0 Å². The van der Waals surface area contributed by atoms with Crippen molar-refractivity contribution >= 4 is 22.4 Å². The van der Waals surface area contributed by atoms with E-state index in [1.807, 2.05) is 24.4 Å². The van der Waals surface area contributed by atoms with E-state index in [0.717, 1.165) is 58.5 Å². The van der Waals surface area contributed by atoms with Gasteiger partial charge in [0.25, 0.3) is 0 Å². The van der Waals surface area contributed by atoms with E-state index in [1.165, 1.54) is 12.0 Å².